The van der Waals surface area contributed by atoms with Crippen LogP contribution >= 0.6 is 11.8 Å². The maximum Gasteiger partial charge on any atom is 0.330 e. The molecule has 31 heavy (non-hydrogen) atoms. The number of esters is 1. The fraction of sp³-hybridized carbons (Fsp3) is 0.280. The molecule has 0 radical (unpaired) electrons. The fourth-order valence-corrected chi connectivity index (χ4v) is 5.17. The molecule has 1 aliphatic heterocycles. The van der Waals surface area contributed by atoms with Crippen molar-refractivity contribution in [1.82, 2.24) is 9.88 Å². The number of amides is 1. The first-order valence-electron chi connectivity index (χ1n) is 10.6. The second-order valence-electron chi connectivity index (χ2n) is 7.38. The van der Waals surface area contributed by atoms with Gasteiger partial charge in [0.05, 0.1) is 12.3 Å². The van der Waals surface area contributed by atoms with Crippen LogP contribution in [0, 0.1) is 0 Å². The number of benzene rings is 2. The number of nitrogens with zero attached hydrogens (tertiary/aromatic N) is 1. The Bertz CT molecular complexity index is 1090. The zero-order valence-corrected chi connectivity index (χ0v) is 18.4. The predicted octanol–water partition coefficient (Wildman–Crippen LogP) is 5.24. The standard InChI is InChI=1S/C25H26N2O3S/c1-2-30-23(29)15-9-8-14-22(28)27-17-16-20-19-12-6-7-13-21(19)26-24(20)25(27)31-18-10-4-3-5-11-18/h3-7,9-13,15,25-26H,2,8,14,16-17H2,1H3/b15-9+. The van der Waals surface area contributed by atoms with Gasteiger partial charge in [-0.1, -0.05) is 54.2 Å². The molecule has 1 amide bonds. The average Bonchev–Trinajstić information content (AvgIpc) is 3.17. The second-order valence-corrected chi connectivity index (χ2v) is 8.53. The predicted molar refractivity (Wildman–Crippen MR) is 124 cm³/mol. The number of para-hydroxylation sites is 1. The van der Waals surface area contributed by atoms with Crippen LogP contribution in [0.3, 0.4) is 0 Å². The van der Waals surface area contributed by atoms with Gasteiger partial charge in [-0.2, -0.15) is 0 Å². The van der Waals surface area contributed by atoms with Crippen molar-refractivity contribution in [3.05, 3.63) is 78.0 Å². The quantitative estimate of drug-likeness (QED) is 0.408. The first-order chi connectivity index (χ1) is 15.2. The molecule has 5 nitrogen and oxygen atoms in total. The molecule has 160 valence electrons. The Balaban J connectivity index is 1.56. The molecule has 4 rings (SSSR count). The van der Waals surface area contributed by atoms with Crippen molar-refractivity contribution < 1.29 is 14.3 Å². The molecular weight excluding hydrogens is 408 g/mol. The number of hydrogen-bond donors (Lipinski definition) is 1. The maximum atomic E-state index is 13.1. The summed E-state index contributed by atoms with van der Waals surface area (Å²) in [5.41, 5.74) is 3.52. The van der Waals surface area contributed by atoms with Crippen molar-refractivity contribution >= 4 is 34.5 Å². The number of allylic oxidation sites excluding steroid dienone is 1. The zero-order chi connectivity index (χ0) is 21.6. The van der Waals surface area contributed by atoms with Crippen molar-refractivity contribution in [3.63, 3.8) is 0 Å². The molecule has 0 spiro atoms. The van der Waals surface area contributed by atoms with Gasteiger partial charge in [0.15, 0.2) is 0 Å². The molecule has 3 aromatic rings. The van der Waals surface area contributed by atoms with Crippen LogP contribution in [0.1, 0.15) is 36.4 Å². The fourth-order valence-electron chi connectivity index (χ4n) is 3.93. The molecular formula is C25H26N2O3S. The highest BCUT2D eigenvalue weighted by atomic mass is 32.2. The lowest BCUT2D eigenvalue weighted by atomic mass is 10.0. The Labute approximate surface area is 186 Å². The van der Waals surface area contributed by atoms with E-state index in [1.54, 1.807) is 24.8 Å². The Morgan fingerprint density at radius 1 is 1.16 bits per heavy atom. The monoisotopic (exact) mass is 434 g/mol. The van der Waals surface area contributed by atoms with Gasteiger partial charge in [0.1, 0.15) is 5.37 Å². The Kier molecular flexibility index (Phi) is 6.77. The van der Waals surface area contributed by atoms with Crippen molar-refractivity contribution in [2.45, 2.75) is 36.5 Å². The number of H-pyrrole nitrogens is 1. The number of carbonyl (C=O) groups excluding carboxylic acids is 2. The number of hydrogen-bond acceptors (Lipinski definition) is 4. The highest BCUT2D eigenvalue weighted by molar-refractivity contribution is 7.99. The Morgan fingerprint density at radius 2 is 1.94 bits per heavy atom. The van der Waals surface area contributed by atoms with Crippen LogP contribution < -0.4 is 0 Å². The van der Waals surface area contributed by atoms with E-state index in [-0.39, 0.29) is 17.3 Å². The van der Waals surface area contributed by atoms with Gasteiger partial charge >= 0.3 is 5.97 Å². The topological polar surface area (TPSA) is 62.4 Å². The normalized spacial score (nSPS) is 15.9. The van der Waals surface area contributed by atoms with Gasteiger partial charge in [0.25, 0.3) is 0 Å². The van der Waals surface area contributed by atoms with E-state index < -0.39 is 0 Å². The lowest BCUT2D eigenvalue weighted by molar-refractivity contribution is -0.137. The molecule has 2 aromatic carbocycles. The number of fused-ring (bicyclic) bond motifs is 3. The minimum atomic E-state index is -0.367. The number of aromatic nitrogens is 1. The number of nitrogens with one attached hydrogen (secondary N) is 1. The lowest BCUT2D eigenvalue weighted by Crippen LogP contribution is -2.38. The molecule has 2 heterocycles. The van der Waals surface area contributed by atoms with Crippen LogP contribution in [0.2, 0.25) is 0 Å². The Morgan fingerprint density at radius 3 is 2.74 bits per heavy atom. The molecule has 1 aromatic heterocycles. The van der Waals surface area contributed by atoms with Gasteiger partial charge in [0, 0.05) is 34.8 Å². The minimum Gasteiger partial charge on any atom is -0.463 e. The number of rotatable bonds is 7. The SMILES string of the molecule is CCOC(=O)/C=C/CCC(=O)N1CCc2c([nH]c3ccccc23)C1Sc1ccccc1. The van der Waals surface area contributed by atoms with E-state index in [9.17, 15) is 9.59 Å². The van der Waals surface area contributed by atoms with E-state index in [4.69, 9.17) is 4.74 Å². The van der Waals surface area contributed by atoms with Crippen molar-refractivity contribution in [2.24, 2.45) is 0 Å². The van der Waals surface area contributed by atoms with Gasteiger partial charge in [-0.05, 0) is 43.5 Å². The molecule has 0 aliphatic carbocycles. The number of carbonyl (C=O) groups is 2. The summed E-state index contributed by atoms with van der Waals surface area (Å²) in [6.07, 6.45) is 4.82. The summed E-state index contributed by atoms with van der Waals surface area (Å²) in [4.78, 5) is 31.3. The van der Waals surface area contributed by atoms with Gasteiger partial charge in [-0.25, -0.2) is 4.79 Å². The molecule has 1 aliphatic rings. The molecule has 0 saturated carbocycles. The zero-order valence-electron chi connectivity index (χ0n) is 17.5. The molecule has 0 fully saturated rings. The van der Waals surface area contributed by atoms with E-state index in [2.05, 4.69) is 35.3 Å². The lowest BCUT2D eigenvalue weighted by Gasteiger charge is -2.35. The molecule has 1 unspecified atom stereocenters. The highest BCUT2D eigenvalue weighted by Gasteiger charge is 2.33. The third-order valence-electron chi connectivity index (χ3n) is 5.36. The van der Waals surface area contributed by atoms with E-state index in [1.807, 2.05) is 29.2 Å². The first kappa shape index (κ1) is 21.2. The molecule has 0 bridgehead atoms. The summed E-state index contributed by atoms with van der Waals surface area (Å²) in [5, 5.41) is 1.13. The van der Waals surface area contributed by atoms with E-state index in [1.165, 1.54) is 17.0 Å². The van der Waals surface area contributed by atoms with Gasteiger partial charge in [-0.3, -0.25) is 4.79 Å². The highest BCUT2D eigenvalue weighted by Crippen LogP contribution is 2.44. The van der Waals surface area contributed by atoms with Crippen LogP contribution in [0.4, 0.5) is 0 Å². The average molecular weight is 435 g/mol. The second kappa shape index (κ2) is 9.88. The molecule has 1 N–H and O–H groups in total. The van der Waals surface area contributed by atoms with Crippen LogP contribution in [0.15, 0.2) is 71.6 Å². The Hall–Kier alpha value is -2.99. The molecule has 6 heteroatoms. The minimum absolute atomic E-state index is 0.0891. The summed E-state index contributed by atoms with van der Waals surface area (Å²) < 4.78 is 4.89. The first-order valence-corrected chi connectivity index (χ1v) is 11.5. The van der Waals surface area contributed by atoms with E-state index in [0.29, 0.717) is 26.0 Å². The number of thioether (sulfide) groups is 1. The van der Waals surface area contributed by atoms with Crippen molar-refractivity contribution in [3.8, 4) is 0 Å². The van der Waals surface area contributed by atoms with E-state index in [0.717, 1.165) is 22.5 Å². The molecule has 0 saturated heterocycles. The van der Waals surface area contributed by atoms with Crippen LogP contribution in [-0.2, 0) is 20.7 Å². The number of ether oxygens (including phenoxy) is 1. The van der Waals surface area contributed by atoms with Gasteiger partial charge in [-0.15, -0.1) is 0 Å². The maximum absolute atomic E-state index is 13.1. The van der Waals surface area contributed by atoms with Crippen molar-refractivity contribution in [2.75, 3.05) is 13.2 Å². The summed E-state index contributed by atoms with van der Waals surface area (Å²) in [6.45, 7) is 2.80. The van der Waals surface area contributed by atoms with Gasteiger partial charge in [0.2, 0.25) is 5.91 Å². The smallest absolute Gasteiger partial charge is 0.330 e. The van der Waals surface area contributed by atoms with Crippen molar-refractivity contribution in [1.29, 1.82) is 0 Å². The summed E-state index contributed by atoms with van der Waals surface area (Å²) in [6, 6.07) is 18.5. The summed E-state index contributed by atoms with van der Waals surface area (Å²) in [7, 11) is 0. The summed E-state index contributed by atoms with van der Waals surface area (Å²) in [5.74, 6) is -0.278. The molecule has 1 atom stereocenters. The van der Waals surface area contributed by atoms with E-state index >= 15 is 0 Å². The van der Waals surface area contributed by atoms with Crippen LogP contribution in [-0.4, -0.2) is 34.9 Å². The van der Waals surface area contributed by atoms with Crippen LogP contribution in [0.5, 0.6) is 0 Å². The van der Waals surface area contributed by atoms with Gasteiger partial charge < -0.3 is 14.6 Å². The summed E-state index contributed by atoms with van der Waals surface area (Å²) >= 11 is 1.69. The largest absolute Gasteiger partial charge is 0.463 e. The van der Waals surface area contributed by atoms with Crippen LogP contribution in [0.25, 0.3) is 10.9 Å². The number of aromatic amines is 1. The third-order valence-corrected chi connectivity index (χ3v) is 6.61. The third kappa shape index (κ3) is 4.85.